The van der Waals surface area contributed by atoms with Gasteiger partial charge in [-0.05, 0) is 40.0 Å². The maximum Gasteiger partial charge on any atom is 0.270 e. The van der Waals surface area contributed by atoms with Gasteiger partial charge in [-0.25, -0.2) is 0 Å². The Morgan fingerprint density at radius 1 is 1.31 bits per heavy atom. The second-order valence-electron chi connectivity index (χ2n) is 4.36. The van der Waals surface area contributed by atoms with Gasteiger partial charge in [0, 0.05) is 12.1 Å². The first-order valence-corrected chi connectivity index (χ1v) is 6.70. The lowest BCUT2D eigenvalue weighted by atomic mass is 9.98. The molecule has 0 N–H and O–H groups in total. The molecule has 90 valence electrons. The minimum Gasteiger partial charge on any atom is -0.475 e. The van der Waals surface area contributed by atoms with Crippen molar-refractivity contribution < 1.29 is 4.74 Å². The average molecular weight is 241 g/mol. The highest BCUT2D eigenvalue weighted by molar-refractivity contribution is 6.99. The highest BCUT2D eigenvalue weighted by atomic mass is 32.1. The van der Waals surface area contributed by atoms with Gasteiger partial charge in [0.15, 0.2) is 0 Å². The zero-order valence-corrected chi connectivity index (χ0v) is 11.0. The first-order valence-electron chi connectivity index (χ1n) is 5.97. The van der Waals surface area contributed by atoms with Crippen LogP contribution < -0.4 is 9.64 Å². The molecule has 5 heteroatoms. The zero-order chi connectivity index (χ0) is 11.5. The van der Waals surface area contributed by atoms with E-state index in [9.17, 15) is 0 Å². The highest BCUT2D eigenvalue weighted by Gasteiger charge is 2.29. The van der Waals surface area contributed by atoms with Gasteiger partial charge in [-0.15, -0.1) is 4.37 Å². The van der Waals surface area contributed by atoms with Crippen molar-refractivity contribution in [3.63, 3.8) is 0 Å². The molecule has 2 unspecified atom stereocenters. The molecule has 2 rings (SSSR count). The number of hydrogen-bond acceptors (Lipinski definition) is 5. The average Bonchev–Trinajstić information content (AvgIpc) is 2.67. The molecular formula is C11H19N3OS. The van der Waals surface area contributed by atoms with Gasteiger partial charge in [0.2, 0.25) is 5.82 Å². The van der Waals surface area contributed by atoms with Crippen LogP contribution in [-0.4, -0.2) is 27.4 Å². The molecule has 0 saturated carbocycles. The van der Waals surface area contributed by atoms with Crippen molar-refractivity contribution in [1.29, 1.82) is 0 Å². The van der Waals surface area contributed by atoms with E-state index in [1.807, 2.05) is 6.92 Å². The van der Waals surface area contributed by atoms with E-state index in [-0.39, 0.29) is 0 Å². The maximum absolute atomic E-state index is 5.52. The van der Waals surface area contributed by atoms with Gasteiger partial charge in [-0.1, -0.05) is 0 Å². The lowest BCUT2D eigenvalue weighted by Crippen LogP contribution is -2.44. The predicted molar refractivity (Wildman–Crippen MR) is 66.3 cm³/mol. The molecule has 0 aromatic carbocycles. The third-order valence-electron chi connectivity index (χ3n) is 3.16. The number of piperidine rings is 1. The monoisotopic (exact) mass is 241 g/mol. The number of anilines is 1. The van der Waals surface area contributed by atoms with E-state index >= 15 is 0 Å². The number of aromatic nitrogens is 2. The van der Waals surface area contributed by atoms with Crippen LogP contribution in [0.5, 0.6) is 5.88 Å². The molecule has 1 aliphatic heterocycles. The lowest BCUT2D eigenvalue weighted by molar-refractivity contribution is 0.324. The van der Waals surface area contributed by atoms with E-state index in [0.29, 0.717) is 24.6 Å². The zero-order valence-electron chi connectivity index (χ0n) is 10.1. The Kier molecular flexibility index (Phi) is 3.63. The third kappa shape index (κ3) is 2.14. The smallest absolute Gasteiger partial charge is 0.270 e. The lowest BCUT2D eigenvalue weighted by Gasteiger charge is -2.39. The Morgan fingerprint density at radius 3 is 2.62 bits per heavy atom. The predicted octanol–water partition coefficient (Wildman–Crippen LogP) is 2.70. The summed E-state index contributed by atoms with van der Waals surface area (Å²) in [5.74, 6) is 1.64. The summed E-state index contributed by atoms with van der Waals surface area (Å²) in [6, 6.07) is 1.07. The Balaban J connectivity index is 2.23. The van der Waals surface area contributed by atoms with Crippen LogP contribution in [0.25, 0.3) is 0 Å². The first kappa shape index (κ1) is 11.6. The summed E-state index contributed by atoms with van der Waals surface area (Å²) >= 11 is 1.24. The first-order chi connectivity index (χ1) is 7.74. The summed E-state index contributed by atoms with van der Waals surface area (Å²) in [5.41, 5.74) is 0. The fraction of sp³-hybridized carbons (Fsp3) is 0.818. The number of ether oxygens (including phenoxy) is 1. The molecule has 0 bridgehead atoms. The summed E-state index contributed by atoms with van der Waals surface area (Å²) in [7, 11) is 0. The summed E-state index contributed by atoms with van der Waals surface area (Å²) in [6.07, 6.45) is 3.77. The molecule has 1 fully saturated rings. The van der Waals surface area contributed by atoms with E-state index in [4.69, 9.17) is 4.74 Å². The Morgan fingerprint density at radius 2 is 2.00 bits per heavy atom. The van der Waals surface area contributed by atoms with Crippen molar-refractivity contribution in [2.24, 2.45) is 0 Å². The van der Waals surface area contributed by atoms with Gasteiger partial charge in [0.1, 0.15) is 0 Å². The molecule has 1 saturated heterocycles. The molecule has 1 aromatic rings. The molecule has 1 aliphatic rings. The van der Waals surface area contributed by atoms with E-state index in [0.717, 1.165) is 5.82 Å². The van der Waals surface area contributed by atoms with Crippen molar-refractivity contribution in [2.45, 2.75) is 52.1 Å². The minimum atomic E-state index is 0.534. The van der Waals surface area contributed by atoms with Gasteiger partial charge in [0.25, 0.3) is 5.88 Å². The summed E-state index contributed by atoms with van der Waals surface area (Å²) in [6.45, 7) is 7.14. The van der Waals surface area contributed by atoms with E-state index in [2.05, 4.69) is 27.5 Å². The molecular weight excluding hydrogens is 222 g/mol. The second-order valence-corrected chi connectivity index (χ2v) is 4.89. The van der Waals surface area contributed by atoms with Crippen LogP contribution in [0, 0.1) is 0 Å². The molecule has 0 radical (unpaired) electrons. The van der Waals surface area contributed by atoms with Crippen LogP contribution in [0.2, 0.25) is 0 Å². The van der Waals surface area contributed by atoms with Gasteiger partial charge >= 0.3 is 0 Å². The van der Waals surface area contributed by atoms with Crippen LogP contribution in [-0.2, 0) is 0 Å². The minimum absolute atomic E-state index is 0.534. The van der Waals surface area contributed by atoms with Crippen LogP contribution in [0.15, 0.2) is 0 Å². The molecule has 0 spiro atoms. The summed E-state index contributed by atoms with van der Waals surface area (Å²) in [5, 5.41) is 0. The molecule has 2 atom stereocenters. The van der Waals surface area contributed by atoms with Crippen molar-refractivity contribution >= 4 is 17.5 Å². The number of hydrogen-bond donors (Lipinski definition) is 0. The van der Waals surface area contributed by atoms with Crippen LogP contribution in [0.3, 0.4) is 0 Å². The standard InChI is InChI=1S/C11H19N3OS/c1-4-15-11-10(12-16-13-11)14-8(2)6-5-7-9(14)3/h8-9H,4-7H2,1-3H3. The molecule has 4 nitrogen and oxygen atoms in total. The van der Waals surface area contributed by atoms with Gasteiger partial charge < -0.3 is 9.64 Å². The normalized spacial score (nSPS) is 25.8. The van der Waals surface area contributed by atoms with Gasteiger partial charge in [-0.3, -0.25) is 0 Å². The topological polar surface area (TPSA) is 38.3 Å². The maximum atomic E-state index is 5.52. The highest BCUT2D eigenvalue weighted by Crippen LogP contribution is 2.33. The van der Waals surface area contributed by atoms with Crippen molar-refractivity contribution in [2.75, 3.05) is 11.5 Å². The van der Waals surface area contributed by atoms with Crippen LogP contribution >= 0.6 is 11.7 Å². The Labute approximate surface area is 101 Å². The Hall–Kier alpha value is -0.840. The van der Waals surface area contributed by atoms with Crippen molar-refractivity contribution in [1.82, 2.24) is 8.75 Å². The molecule has 1 aromatic heterocycles. The fourth-order valence-electron chi connectivity index (χ4n) is 2.40. The summed E-state index contributed by atoms with van der Waals surface area (Å²) < 4.78 is 14.1. The van der Waals surface area contributed by atoms with E-state index in [1.165, 1.54) is 31.0 Å². The molecule has 0 aliphatic carbocycles. The number of nitrogens with zero attached hydrogens (tertiary/aromatic N) is 3. The largest absolute Gasteiger partial charge is 0.475 e. The fourth-order valence-corrected chi connectivity index (χ4v) is 2.90. The SMILES string of the molecule is CCOc1nsnc1N1C(C)CCCC1C. The van der Waals surface area contributed by atoms with Crippen LogP contribution in [0.4, 0.5) is 5.82 Å². The quantitative estimate of drug-likeness (QED) is 0.815. The van der Waals surface area contributed by atoms with Crippen LogP contribution in [0.1, 0.15) is 40.0 Å². The third-order valence-corrected chi connectivity index (χ3v) is 3.66. The second kappa shape index (κ2) is 4.99. The van der Waals surface area contributed by atoms with E-state index in [1.54, 1.807) is 0 Å². The van der Waals surface area contributed by atoms with Gasteiger partial charge in [0.05, 0.1) is 18.3 Å². The molecule has 16 heavy (non-hydrogen) atoms. The molecule has 2 heterocycles. The number of rotatable bonds is 3. The molecule has 0 amide bonds. The van der Waals surface area contributed by atoms with Crippen molar-refractivity contribution in [3.05, 3.63) is 0 Å². The van der Waals surface area contributed by atoms with E-state index < -0.39 is 0 Å². The Bertz CT molecular complexity index is 332. The van der Waals surface area contributed by atoms with Crippen molar-refractivity contribution in [3.8, 4) is 5.88 Å². The van der Waals surface area contributed by atoms with Gasteiger partial charge in [-0.2, -0.15) is 4.37 Å². The summed E-state index contributed by atoms with van der Waals surface area (Å²) in [4.78, 5) is 2.36.